The first-order chi connectivity index (χ1) is 12.3. The van der Waals surface area contributed by atoms with Gasteiger partial charge in [-0.15, -0.1) is 10.2 Å². The van der Waals surface area contributed by atoms with Crippen molar-refractivity contribution in [3.63, 3.8) is 0 Å². The second-order valence-corrected chi connectivity index (χ2v) is 5.56. The molecule has 7 heteroatoms. The first kappa shape index (κ1) is 19.0. The molecule has 0 N–H and O–H groups in total. The number of benzene rings is 1. The van der Waals surface area contributed by atoms with Gasteiger partial charge in [-0.05, 0) is 62.1 Å². The van der Waals surface area contributed by atoms with Crippen molar-refractivity contribution in [3.8, 4) is 11.6 Å². The topological polar surface area (TPSA) is 65.8 Å². The average Bonchev–Trinajstić information content (AvgIpc) is 2.64. The van der Waals surface area contributed by atoms with Crippen molar-refractivity contribution in [2.75, 3.05) is 19.8 Å². The zero-order valence-corrected chi connectivity index (χ0v) is 15.0. The van der Waals surface area contributed by atoms with Gasteiger partial charge in [0, 0.05) is 6.07 Å². The molecule has 134 valence electrons. The Balaban J connectivity index is 1.54. The number of halogens is 1. The van der Waals surface area contributed by atoms with E-state index in [-0.39, 0.29) is 0 Å². The number of unbranched alkanes of at least 4 members (excludes halogenated alkanes) is 2. The largest absolute Gasteiger partial charge is 0.494 e. The van der Waals surface area contributed by atoms with Crippen LogP contribution in [0.3, 0.4) is 0 Å². The molecule has 0 radical (unpaired) electrons. The Morgan fingerprint density at radius 2 is 1.72 bits per heavy atom. The molecule has 1 aromatic heterocycles. The second-order valence-electron chi connectivity index (χ2n) is 5.17. The summed E-state index contributed by atoms with van der Waals surface area (Å²) in [5.74, 6) is 1.34. The van der Waals surface area contributed by atoms with Crippen LogP contribution in [0.25, 0.3) is 0 Å². The summed E-state index contributed by atoms with van der Waals surface area (Å²) in [6, 6.07) is 11.1. The summed E-state index contributed by atoms with van der Waals surface area (Å²) in [7, 11) is 0. The van der Waals surface area contributed by atoms with Gasteiger partial charge in [0.25, 0.3) is 0 Å². The SMILES string of the molecule is CCO/N=C/c1ccc(OCCCCCOc2ccc(Cl)nn2)cc1. The molecule has 2 rings (SSSR count). The lowest BCUT2D eigenvalue weighted by molar-refractivity contribution is 0.160. The molecule has 1 aromatic carbocycles. The maximum atomic E-state index is 5.71. The van der Waals surface area contributed by atoms with E-state index < -0.39 is 0 Å². The van der Waals surface area contributed by atoms with Crippen LogP contribution in [0.5, 0.6) is 11.6 Å². The van der Waals surface area contributed by atoms with Crippen molar-refractivity contribution in [2.45, 2.75) is 26.2 Å². The van der Waals surface area contributed by atoms with Crippen LogP contribution in [0.15, 0.2) is 41.6 Å². The molecule has 6 nitrogen and oxygen atoms in total. The highest BCUT2D eigenvalue weighted by Crippen LogP contribution is 2.12. The van der Waals surface area contributed by atoms with Gasteiger partial charge in [0.15, 0.2) is 5.15 Å². The lowest BCUT2D eigenvalue weighted by Gasteiger charge is -2.07. The van der Waals surface area contributed by atoms with E-state index in [1.807, 2.05) is 31.2 Å². The van der Waals surface area contributed by atoms with Crippen LogP contribution in [0.4, 0.5) is 0 Å². The van der Waals surface area contributed by atoms with Crippen molar-refractivity contribution in [2.24, 2.45) is 5.16 Å². The second kappa shape index (κ2) is 11.3. The Bertz CT molecular complexity index is 633. The maximum absolute atomic E-state index is 5.71. The summed E-state index contributed by atoms with van der Waals surface area (Å²) < 4.78 is 11.2. The van der Waals surface area contributed by atoms with Crippen LogP contribution in [0, 0.1) is 0 Å². The Morgan fingerprint density at radius 1 is 0.960 bits per heavy atom. The number of rotatable bonds is 11. The molecule has 1 heterocycles. The Morgan fingerprint density at radius 3 is 2.40 bits per heavy atom. The van der Waals surface area contributed by atoms with Crippen LogP contribution in [-0.4, -0.2) is 36.2 Å². The third-order valence-electron chi connectivity index (χ3n) is 3.20. The fraction of sp³-hybridized carbons (Fsp3) is 0.389. The summed E-state index contributed by atoms with van der Waals surface area (Å²) >= 11 is 5.66. The van der Waals surface area contributed by atoms with Gasteiger partial charge in [-0.3, -0.25) is 0 Å². The van der Waals surface area contributed by atoms with Gasteiger partial charge in [-0.2, -0.15) is 0 Å². The molecule has 0 aliphatic rings. The number of aromatic nitrogens is 2. The molecule has 0 bridgehead atoms. The van der Waals surface area contributed by atoms with Gasteiger partial charge >= 0.3 is 0 Å². The minimum atomic E-state index is 0.360. The zero-order chi connectivity index (χ0) is 17.7. The van der Waals surface area contributed by atoms with Gasteiger partial charge in [-0.25, -0.2) is 0 Å². The van der Waals surface area contributed by atoms with E-state index in [0.29, 0.717) is 30.9 Å². The van der Waals surface area contributed by atoms with Crippen LogP contribution in [0.1, 0.15) is 31.7 Å². The Kier molecular flexibility index (Phi) is 8.55. The van der Waals surface area contributed by atoms with Gasteiger partial charge in [0.05, 0.1) is 19.4 Å². The number of ether oxygens (including phenoxy) is 2. The molecule has 0 spiro atoms. The summed E-state index contributed by atoms with van der Waals surface area (Å²) in [5.41, 5.74) is 0.975. The van der Waals surface area contributed by atoms with Crippen LogP contribution in [-0.2, 0) is 4.84 Å². The van der Waals surface area contributed by atoms with Crippen molar-refractivity contribution < 1.29 is 14.3 Å². The number of hydrogen-bond donors (Lipinski definition) is 0. The van der Waals surface area contributed by atoms with Crippen molar-refractivity contribution in [1.29, 1.82) is 0 Å². The maximum Gasteiger partial charge on any atom is 0.233 e. The smallest absolute Gasteiger partial charge is 0.233 e. The predicted molar refractivity (Wildman–Crippen MR) is 97.5 cm³/mol. The third kappa shape index (κ3) is 7.85. The van der Waals surface area contributed by atoms with Crippen LogP contribution >= 0.6 is 11.6 Å². The van der Waals surface area contributed by atoms with Gasteiger partial charge < -0.3 is 14.3 Å². The summed E-state index contributed by atoms with van der Waals surface area (Å²) in [6.07, 6.45) is 4.59. The molecular formula is C18H22ClN3O3. The number of nitrogens with zero attached hydrogens (tertiary/aromatic N) is 3. The van der Waals surface area contributed by atoms with Gasteiger partial charge in [0.1, 0.15) is 12.4 Å². The molecule has 2 aromatic rings. The Hall–Kier alpha value is -2.34. The highest BCUT2D eigenvalue weighted by Gasteiger charge is 1.98. The van der Waals surface area contributed by atoms with E-state index in [1.54, 1.807) is 18.3 Å². The molecule has 0 unspecified atom stereocenters. The minimum Gasteiger partial charge on any atom is -0.494 e. The van der Waals surface area contributed by atoms with E-state index >= 15 is 0 Å². The summed E-state index contributed by atoms with van der Waals surface area (Å²) in [6.45, 7) is 3.74. The first-order valence-electron chi connectivity index (χ1n) is 8.28. The lowest BCUT2D eigenvalue weighted by atomic mass is 10.2. The number of oxime groups is 1. The normalized spacial score (nSPS) is 10.8. The Labute approximate surface area is 152 Å². The van der Waals surface area contributed by atoms with Crippen molar-refractivity contribution in [1.82, 2.24) is 10.2 Å². The highest BCUT2D eigenvalue weighted by molar-refractivity contribution is 6.29. The van der Waals surface area contributed by atoms with E-state index in [9.17, 15) is 0 Å². The summed E-state index contributed by atoms with van der Waals surface area (Å²) in [5, 5.41) is 11.7. The molecule has 0 saturated heterocycles. The molecule has 0 amide bonds. The molecule has 0 atom stereocenters. The molecule has 25 heavy (non-hydrogen) atoms. The predicted octanol–water partition coefficient (Wildman–Crippen LogP) is 4.13. The van der Waals surface area contributed by atoms with E-state index in [1.165, 1.54) is 0 Å². The van der Waals surface area contributed by atoms with Crippen LogP contribution in [0.2, 0.25) is 5.15 Å². The monoisotopic (exact) mass is 363 g/mol. The van der Waals surface area contributed by atoms with E-state index in [2.05, 4.69) is 15.4 Å². The lowest BCUT2D eigenvalue weighted by Crippen LogP contribution is -2.02. The summed E-state index contributed by atoms with van der Waals surface area (Å²) in [4.78, 5) is 4.93. The van der Waals surface area contributed by atoms with E-state index in [4.69, 9.17) is 25.9 Å². The first-order valence-corrected chi connectivity index (χ1v) is 8.66. The average molecular weight is 364 g/mol. The molecule has 0 aliphatic carbocycles. The van der Waals surface area contributed by atoms with E-state index in [0.717, 1.165) is 30.6 Å². The van der Waals surface area contributed by atoms with Crippen molar-refractivity contribution in [3.05, 3.63) is 47.1 Å². The zero-order valence-electron chi connectivity index (χ0n) is 14.2. The standard InChI is InChI=1S/C18H22ClN3O3/c1-2-25-20-14-15-6-8-16(9-7-15)23-12-4-3-5-13-24-18-11-10-17(19)21-22-18/h6-11,14H,2-5,12-13H2,1H3/b20-14+. The molecule has 0 saturated carbocycles. The number of hydrogen-bond acceptors (Lipinski definition) is 6. The molecule has 0 aliphatic heterocycles. The quantitative estimate of drug-likeness (QED) is 0.341. The fourth-order valence-electron chi connectivity index (χ4n) is 1.95. The third-order valence-corrected chi connectivity index (χ3v) is 3.40. The van der Waals surface area contributed by atoms with Crippen molar-refractivity contribution >= 4 is 17.8 Å². The van der Waals surface area contributed by atoms with Gasteiger partial charge in [0.2, 0.25) is 5.88 Å². The molecular weight excluding hydrogens is 342 g/mol. The fourth-order valence-corrected chi connectivity index (χ4v) is 2.05. The highest BCUT2D eigenvalue weighted by atomic mass is 35.5. The van der Waals surface area contributed by atoms with Gasteiger partial charge in [-0.1, -0.05) is 16.8 Å². The minimum absolute atomic E-state index is 0.360. The molecule has 0 fully saturated rings. The van der Waals surface area contributed by atoms with Crippen LogP contribution < -0.4 is 9.47 Å².